The van der Waals surface area contributed by atoms with Crippen LogP contribution in [0, 0.1) is 0 Å². The minimum absolute atomic E-state index is 0.332. The van der Waals surface area contributed by atoms with Gasteiger partial charge >= 0.3 is 222 Å². The van der Waals surface area contributed by atoms with Crippen molar-refractivity contribution in [2.24, 2.45) is 0 Å². The molecule has 3 heteroatoms. The summed E-state index contributed by atoms with van der Waals surface area (Å²) in [6.45, 7) is 4.85. The molecule has 0 heterocycles. The van der Waals surface area contributed by atoms with Crippen LogP contribution in [0.1, 0.15) is 44.5 Å². The number of allylic oxidation sites excluding steroid dienone is 2. The Morgan fingerprint density at radius 1 is 0.486 bits per heavy atom. The first-order chi connectivity index (χ1) is 17.2. The van der Waals surface area contributed by atoms with Crippen LogP contribution in [0.15, 0.2) is 120 Å². The van der Waals surface area contributed by atoms with E-state index in [0.717, 1.165) is 17.2 Å². The predicted octanol–water partition coefficient (Wildman–Crippen LogP) is 8.05. The maximum atomic E-state index is 2.42. The molecule has 0 aromatic heterocycles. The standard InChI is InChI=1S/2C16H14P.Ti/c2*1-12-11-13-7-5-6-10-15(13)16(12)17-14-8-3-2-4-9-14;/h2*2-11,17H,1H3;. The van der Waals surface area contributed by atoms with Gasteiger partial charge in [0.15, 0.2) is 0 Å². The fourth-order valence-electron chi connectivity index (χ4n) is 5.39. The van der Waals surface area contributed by atoms with Crippen LogP contribution in [0.3, 0.4) is 0 Å². The zero-order valence-electron chi connectivity index (χ0n) is 20.0. The normalized spacial score (nSPS) is 19.3. The first-order valence-electron chi connectivity index (χ1n) is 12.2. The molecule has 2 aliphatic carbocycles. The number of hydrogen-bond donors (Lipinski definition) is 0. The van der Waals surface area contributed by atoms with Gasteiger partial charge in [-0.25, -0.2) is 0 Å². The van der Waals surface area contributed by atoms with Gasteiger partial charge in [-0.05, 0) is 0 Å². The van der Waals surface area contributed by atoms with E-state index in [9.17, 15) is 0 Å². The van der Waals surface area contributed by atoms with Gasteiger partial charge < -0.3 is 0 Å². The van der Waals surface area contributed by atoms with Crippen molar-refractivity contribution in [1.29, 1.82) is 0 Å². The van der Waals surface area contributed by atoms with Gasteiger partial charge in [-0.15, -0.1) is 0 Å². The zero-order chi connectivity index (χ0) is 23.8. The third-order valence-electron chi connectivity index (χ3n) is 7.16. The van der Waals surface area contributed by atoms with Gasteiger partial charge in [-0.2, -0.15) is 0 Å². The van der Waals surface area contributed by atoms with E-state index in [1.165, 1.54) is 21.7 Å². The van der Waals surface area contributed by atoms with Crippen molar-refractivity contribution >= 4 is 38.4 Å². The van der Waals surface area contributed by atoms with Crippen LogP contribution >= 0.6 is 17.2 Å². The molecule has 0 spiro atoms. The number of fused-ring (bicyclic) bond motifs is 2. The summed E-state index contributed by atoms with van der Waals surface area (Å²) in [6, 6.07) is 40.5. The molecule has 170 valence electrons. The third kappa shape index (κ3) is 4.48. The molecule has 4 aromatic rings. The summed E-state index contributed by atoms with van der Waals surface area (Å²) in [5, 5.41) is 6.04. The molecule has 0 bridgehead atoms. The van der Waals surface area contributed by atoms with Gasteiger partial charge in [0.25, 0.3) is 0 Å². The molecule has 35 heavy (non-hydrogen) atoms. The summed E-state index contributed by atoms with van der Waals surface area (Å²) in [7, 11) is 1.45. The first kappa shape index (κ1) is 23.3. The van der Waals surface area contributed by atoms with Gasteiger partial charge in [-0.3, -0.25) is 0 Å². The summed E-state index contributed by atoms with van der Waals surface area (Å²) in [6.07, 6.45) is 0. The van der Waals surface area contributed by atoms with Crippen molar-refractivity contribution in [3.8, 4) is 0 Å². The van der Waals surface area contributed by atoms with E-state index >= 15 is 0 Å². The molecule has 4 aromatic carbocycles. The van der Waals surface area contributed by atoms with Crippen LogP contribution in [-0.2, 0) is 19.2 Å². The molecule has 0 saturated carbocycles. The second-order valence-electron chi connectivity index (χ2n) is 9.31. The van der Waals surface area contributed by atoms with E-state index in [4.69, 9.17) is 0 Å². The second kappa shape index (κ2) is 10.1. The van der Waals surface area contributed by atoms with Crippen LogP contribution in [0.5, 0.6) is 0 Å². The van der Waals surface area contributed by atoms with Crippen LogP contribution in [0.4, 0.5) is 0 Å². The van der Waals surface area contributed by atoms with Crippen molar-refractivity contribution in [3.05, 3.63) is 143 Å². The Hall–Kier alpha value is -2.07. The average Bonchev–Trinajstić information content (AvgIpc) is 3.32. The molecule has 0 nitrogen and oxygen atoms in total. The molecular formula is C32H28P2Ti. The molecule has 4 unspecified atom stereocenters. The molecule has 2 aliphatic rings. The molecule has 0 radical (unpaired) electrons. The van der Waals surface area contributed by atoms with Gasteiger partial charge in [0.05, 0.1) is 0 Å². The van der Waals surface area contributed by atoms with E-state index < -0.39 is 0 Å². The Bertz CT molecular complexity index is 1330. The van der Waals surface area contributed by atoms with Gasteiger partial charge in [0.2, 0.25) is 0 Å². The SMILES string of the molecule is CC1=C(Pc2ccccc2)c2ccccc2[CH]1[Ti][CH]1C(C)=C(Pc2ccccc2)c2ccccc21. The fourth-order valence-corrected chi connectivity index (χ4v) is 11.6. The summed E-state index contributed by atoms with van der Waals surface area (Å²) < 4.78 is 1.20. The van der Waals surface area contributed by atoms with Crippen molar-refractivity contribution < 1.29 is 19.2 Å². The van der Waals surface area contributed by atoms with Crippen LogP contribution in [-0.4, -0.2) is 0 Å². The Kier molecular flexibility index (Phi) is 6.75. The Balaban J connectivity index is 1.37. The summed E-state index contributed by atoms with van der Waals surface area (Å²) in [5.41, 5.74) is 9.40. The summed E-state index contributed by atoms with van der Waals surface area (Å²) in [4.78, 5) is 0. The van der Waals surface area contributed by atoms with E-state index in [0.29, 0.717) is 8.45 Å². The molecule has 0 aliphatic heterocycles. The number of benzene rings is 4. The maximum absolute atomic E-state index is 2.42. The van der Waals surface area contributed by atoms with Crippen molar-refractivity contribution in [2.45, 2.75) is 22.3 Å². The van der Waals surface area contributed by atoms with Crippen LogP contribution in [0.2, 0.25) is 0 Å². The van der Waals surface area contributed by atoms with Gasteiger partial charge in [0.1, 0.15) is 0 Å². The molecule has 0 saturated heterocycles. The van der Waals surface area contributed by atoms with Crippen molar-refractivity contribution in [3.63, 3.8) is 0 Å². The van der Waals surface area contributed by atoms with Crippen LogP contribution in [0.25, 0.3) is 10.6 Å². The second-order valence-corrected chi connectivity index (χ2v) is 14.3. The molecule has 0 fully saturated rings. The summed E-state index contributed by atoms with van der Waals surface area (Å²) >= 11 is -0.332. The van der Waals surface area contributed by atoms with E-state index in [1.807, 2.05) is 0 Å². The topological polar surface area (TPSA) is 0 Å². The van der Waals surface area contributed by atoms with Crippen molar-refractivity contribution in [1.82, 2.24) is 0 Å². The van der Waals surface area contributed by atoms with Gasteiger partial charge in [-0.1, -0.05) is 0 Å². The molecule has 4 atom stereocenters. The Morgan fingerprint density at radius 3 is 1.29 bits per heavy atom. The Morgan fingerprint density at radius 2 is 0.857 bits per heavy atom. The fraction of sp³-hybridized carbons (Fsp3) is 0.125. The minimum atomic E-state index is -0.332. The van der Waals surface area contributed by atoms with Crippen molar-refractivity contribution in [2.75, 3.05) is 0 Å². The quantitative estimate of drug-likeness (QED) is 0.178. The molecular weight excluding hydrogens is 494 g/mol. The summed E-state index contributed by atoms with van der Waals surface area (Å²) in [5.74, 6) is 0. The van der Waals surface area contributed by atoms with E-state index in [1.54, 1.807) is 32.9 Å². The van der Waals surface area contributed by atoms with Gasteiger partial charge in [0, 0.05) is 0 Å². The average molecular weight is 522 g/mol. The number of hydrogen-bond acceptors (Lipinski definition) is 0. The molecule has 0 N–H and O–H groups in total. The molecule has 0 amide bonds. The van der Waals surface area contributed by atoms with Crippen LogP contribution < -0.4 is 10.6 Å². The zero-order valence-corrected chi connectivity index (χ0v) is 23.6. The Labute approximate surface area is 221 Å². The monoisotopic (exact) mass is 522 g/mol. The number of rotatable bonds is 6. The molecule has 6 rings (SSSR count). The first-order valence-corrected chi connectivity index (χ1v) is 16.0. The third-order valence-corrected chi connectivity index (χ3v) is 13.6. The van der Waals surface area contributed by atoms with E-state index in [-0.39, 0.29) is 19.2 Å². The van der Waals surface area contributed by atoms with E-state index in [2.05, 4.69) is 123 Å². The predicted molar refractivity (Wildman–Crippen MR) is 152 cm³/mol.